The number of hydrogen-bond donors (Lipinski definition) is 1. The third kappa shape index (κ3) is 5.21. The van der Waals surface area contributed by atoms with E-state index in [4.69, 9.17) is 23.7 Å². The number of carbonyl (C=O) groups is 3. The number of aliphatic hydroxyl groups is 1. The lowest BCUT2D eigenvalue weighted by Gasteiger charge is -2.36. The summed E-state index contributed by atoms with van der Waals surface area (Å²) < 4.78 is 28.4. The molecule has 3 rings (SSSR count). The lowest BCUT2D eigenvalue weighted by molar-refractivity contribution is -0.172. The van der Waals surface area contributed by atoms with Crippen molar-refractivity contribution in [3.63, 3.8) is 0 Å². The molecule has 3 aliphatic rings. The Bertz CT molecular complexity index is 849. The van der Waals surface area contributed by atoms with Crippen LogP contribution in [-0.2, 0) is 38.1 Å². The number of ether oxygens (including phenoxy) is 5. The lowest BCUT2D eigenvalue weighted by Crippen LogP contribution is -2.48. The first-order chi connectivity index (χ1) is 16.1. The van der Waals surface area contributed by atoms with Crippen LogP contribution in [0.1, 0.15) is 53.4 Å². The summed E-state index contributed by atoms with van der Waals surface area (Å²) in [7, 11) is 1.27. The molecule has 0 aromatic carbocycles. The van der Waals surface area contributed by atoms with Gasteiger partial charge in [0, 0.05) is 12.2 Å². The molecule has 0 bridgehead atoms. The van der Waals surface area contributed by atoms with Crippen LogP contribution in [0.3, 0.4) is 0 Å². The molecule has 0 unspecified atom stereocenters. The van der Waals surface area contributed by atoms with E-state index in [0.717, 1.165) is 0 Å². The zero-order chi connectivity index (χ0) is 25.2. The van der Waals surface area contributed by atoms with E-state index in [1.54, 1.807) is 19.9 Å². The summed E-state index contributed by atoms with van der Waals surface area (Å²) in [6.07, 6.45) is 0.306. The highest BCUT2D eigenvalue weighted by atomic mass is 16.7. The third-order valence-electron chi connectivity index (χ3n) is 7.21. The third-order valence-corrected chi connectivity index (χ3v) is 7.21. The molecule has 0 aromatic rings. The van der Waals surface area contributed by atoms with Gasteiger partial charge in [-0.15, -0.1) is 0 Å². The van der Waals surface area contributed by atoms with Crippen molar-refractivity contribution in [2.75, 3.05) is 13.7 Å². The van der Waals surface area contributed by atoms with E-state index in [2.05, 4.69) is 6.58 Å². The summed E-state index contributed by atoms with van der Waals surface area (Å²) >= 11 is 0. The highest BCUT2D eigenvalue weighted by Crippen LogP contribution is 2.42. The number of aliphatic hydroxyl groups excluding tert-OH is 1. The van der Waals surface area contributed by atoms with E-state index in [9.17, 15) is 19.5 Å². The van der Waals surface area contributed by atoms with Gasteiger partial charge in [-0.1, -0.05) is 19.6 Å². The Hall–Kier alpha value is -2.23. The van der Waals surface area contributed by atoms with Crippen molar-refractivity contribution in [2.45, 2.75) is 89.5 Å². The zero-order valence-corrected chi connectivity index (χ0v) is 20.6. The predicted octanol–water partition coefficient (Wildman–Crippen LogP) is 2.25. The molecule has 0 saturated carbocycles. The fraction of sp³-hybridized carbons (Fsp3) is 0.720. The van der Waals surface area contributed by atoms with E-state index in [1.807, 2.05) is 13.8 Å². The Morgan fingerprint density at radius 3 is 2.62 bits per heavy atom. The van der Waals surface area contributed by atoms with Gasteiger partial charge in [0.2, 0.25) is 0 Å². The summed E-state index contributed by atoms with van der Waals surface area (Å²) in [5, 5.41) is 9.90. The molecule has 0 aromatic heterocycles. The predicted molar refractivity (Wildman–Crippen MR) is 120 cm³/mol. The smallest absolute Gasteiger partial charge is 0.341 e. The number of esters is 3. The van der Waals surface area contributed by atoms with Crippen LogP contribution >= 0.6 is 0 Å². The van der Waals surface area contributed by atoms with Gasteiger partial charge in [-0.3, -0.25) is 0 Å². The second kappa shape index (κ2) is 10.6. The Balaban J connectivity index is 2.12. The van der Waals surface area contributed by atoms with Gasteiger partial charge in [-0.2, -0.15) is 0 Å². The van der Waals surface area contributed by atoms with Crippen LogP contribution in [0.4, 0.5) is 0 Å². The van der Waals surface area contributed by atoms with Gasteiger partial charge >= 0.3 is 17.9 Å². The molecule has 0 spiro atoms. The second-order valence-electron chi connectivity index (χ2n) is 9.52. The number of allylic oxidation sites excluding steroid dienone is 1. The van der Waals surface area contributed by atoms with Gasteiger partial charge < -0.3 is 28.8 Å². The molecular formula is C25H36O9. The number of carbonyl (C=O) groups excluding carboxylic acids is 3. The Kier molecular flexibility index (Phi) is 8.21. The standard InChI is InChI=1S/C25H36O9/c1-7-13(2)31-20-17(23(28)30-6)10-8-9-16(12-26)11-18-19(14(3)22(27)32-18)21(20)33-24(29)25(5)15(4)34-25/h10,13,15-16,18-21,26H,3,7-9,11-12H2,1-2,4-6H3/b17-10+/t13-,15-,16-,18-,19+,20+,21+,25-/m0/s1. The van der Waals surface area contributed by atoms with E-state index in [1.165, 1.54) is 7.11 Å². The van der Waals surface area contributed by atoms with E-state index in [0.29, 0.717) is 25.7 Å². The minimum absolute atomic E-state index is 0.116. The summed E-state index contributed by atoms with van der Waals surface area (Å²) in [4.78, 5) is 38.6. The summed E-state index contributed by atoms with van der Waals surface area (Å²) in [5.74, 6) is -2.80. The van der Waals surface area contributed by atoms with Gasteiger partial charge in [0.15, 0.2) is 5.60 Å². The van der Waals surface area contributed by atoms with Crippen molar-refractivity contribution in [3.05, 3.63) is 23.8 Å². The molecule has 2 saturated heterocycles. The van der Waals surface area contributed by atoms with E-state index >= 15 is 0 Å². The minimum Gasteiger partial charge on any atom is -0.466 e. The molecule has 1 aliphatic carbocycles. The monoisotopic (exact) mass is 480 g/mol. The number of epoxide rings is 1. The van der Waals surface area contributed by atoms with Crippen LogP contribution in [0, 0.1) is 11.8 Å². The molecule has 190 valence electrons. The first-order valence-corrected chi connectivity index (χ1v) is 11.9. The van der Waals surface area contributed by atoms with Crippen molar-refractivity contribution in [2.24, 2.45) is 11.8 Å². The number of hydrogen-bond acceptors (Lipinski definition) is 9. The molecule has 2 heterocycles. The lowest BCUT2D eigenvalue weighted by atomic mass is 9.80. The number of methoxy groups -OCH3 is 1. The van der Waals surface area contributed by atoms with Crippen LogP contribution < -0.4 is 0 Å². The Morgan fingerprint density at radius 1 is 1.38 bits per heavy atom. The van der Waals surface area contributed by atoms with Crippen molar-refractivity contribution < 1.29 is 43.2 Å². The van der Waals surface area contributed by atoms with Gasteiger partial charge in [0.1, 0.15) is 18.3 Å². The maximum absolute atomic E-state index is 13.2. The largest absolute Gasteiger partial charge is 0.466 e. The van der Waals surface area contributed by atoms with Crippen molar-refractivity contribution in [1.29, 1.82) is 0 Å². The van der Waals surface area contributed by atoms with Gasteiger partial charge in [0.05, 0.1) is 30.8 Å². The van der Waals surface area contributed by atoms with Crippen molar-refractivity contribution in [1.82, 2.24) is 0 Å². The summed E-state index contributed by atoms with van der Waals surface area (Å²) in [6.45, 7) is 11.0. The number of fused-ring (bicyclic) bond motifs is 1. The van der Waals surface area contributed by atoms with E-state index in [-0.39, 0.29) is 35.9 Å². The molecule has 2 fully saturated rings. The quantitative estimate of drug-likeness (QED) is 0.253. The highest BCUT2D eigenvalue weighted by molar-refractivity contribution is 5.92. The molecule has 1 N–H and O–H groups in total. The van der Waals surface area contributed by atoms with Gasteiger partial charge in [-0.05, 0) is 52.4 Å². The molecule has 2 aliphatic heterocycles. The fourth-order valence-electron chi connectivity index (χ4n) is 4.56. The first kappa shape index (κ1) is 26.4. The minimum atomic E-state index is -1.13. The van der Waals surface area contributed by atoms with Crippen LogP contribution in [0.15, 0.2) is 23.8 Å². The number of rotatable bonds is 7. The molecule has 0 radical (unpaired) electrons. The van der Waals surface area contributed by atoms with Crippen LogP contribution in [0.2, 0.25) is 0 Å². The molecule has 34 heavy (non-hydrogen) atoms. The van der Waals surface area contributed by atoms with Crippen molar-refractivity contribution in [3.8, 4) is 0 Å². The van der Waals surface area contributed by atoms with Crippen LogP contribution in [0.5, 0.6) is 0 Å². The molecule has 8 atom stereocenters. The maximum atomic E-state index is 13.2. The van der Waals surface area contributed by atoms with Gasteiger partial charge in [0.25, 0.3) is 0 Å². The Labute approximate surface area is 200 Å². The zero-order valence-electron chi connectivity index (χ0n) is 20.6. The SMILES string of the molecule is C=C1C(=O)O[C@H]2C[C@@H](CO)CC/C=C(/C(=O)OC)[C@@H](O[C@@H](C)CC)[C@H](OC(=O)[C@@]3(C)O[C@H]3C)[C@H]12. The normalized spacial score (nSPS) is 38.1. The average Bonchev–Trinajstić information content (AvgIpc) is 3.34. The average molecular weight is 481 g/mol. The maximum Gasteiger partial charge on any atom is 0.341 e. The first-order valence-electron chi connectivity index (χ1n) is 11.9. The fourth-order valence-corrected chi connectivity index (χ4v) is 4.56. The summed E-state index contributed by atoms with van der Waals surface area (Å²) in [5.41, 5.74) is -0.795. The molecular weight excluding hydrogens is 444 g/mol. The van der Waals surface area contributed by atoms with Crippen LogP contribution in [-0.4, -0.2) is 72.9 Å². The molecule has 9 nitrogen and oxygen atoms in total. The molecule has 0 amide bonds. The topological polar surface area (TPSA) is 121 Å². The van der Waals surface area contributed by atoms with Gasteiger partial charge in [-0.25, -0.2) is 14.4 Å². The summed E-state index contributed by atoms with van der Waals surface area (Å²) in [6, 6.07) is 0. The molecule has 9 heteroatoms. The highest BCUT2D eigenvalue weighted by Gasteiger charge is 2.59. The van der Waals surface area contributed by atoms with Crippen LogP contribution in [0.25, 0.3) is 0 Å². The Morgan fingerprint density at radius 2 is 2.06 bits per heavy atom. The van der Waals surface area contributed by atoms with Crippen molar-refractivity contribution >= 4 is 17.9 Å². The van der Waals surface area contributed by atoms with E-state index < -0.39 is 47.7 Å². The second-order valence-corrected chi connectivity index (χ2v) is 9.52.